The molecule has 4 saturated heterocycles. The molecule has 6 aliphatic rings. The van der Waals surface area contributed by atoms with Crippen LogP contribution >= 0.6 is 11.6 Å². The van der Waals surface area contributed by atoms with Gasteiger partial charge in [0.25, 0.3) is 17.7 Å². The first-order chi connectivity index (χ1) is 27.5. The third-order valence-corrected chi connectivity index (χ3v) is 14.0. The molecular formula is C44H46ClN7O5. The number of benzene rings is 3. The number of hydrogen-bond acceptors (Lipinski definition) is 9. The monoisotopic (exact) mass is 787 g/mol. The molecule has 1 atom stereocenters. The Morgan fingerprint density at radius 1 is 0.860 bits per heavy atom. The van der Waals surface area contributed by atoms with Gasteiger partial charge in [0.2, 0.25) is 11.8 Å². The SMILES string of the molecule is Cc1c(N2CCC3(CCN(c4ccc(C(=O)N5CCC(CN6Cc7cc8c(cc7C6)C(=O)N(C6CCC(=O)NC6=O)C8=O)CC5)cc4)CC3)C2)ccc(C#N)c1Cl. The highest BCUT2D eigenvalue weighted by Gasteiger charge is 2.46. The zero-order valence-electron chi connectivity index (χ0n) is 32.2. The molecule has 57 heavy (non-hydrogen) atoms. The molecule has 9 rings (SSSR count). The number of carbonyl (C=O) groups excluding carboxylic acids is 5. The van der Waals surface area contributed by atoms with E-state index in [9.17, 15) is 29.2 Å². The Morgan fingerprint density at radius 2 is 1.49 bits per heavy atom. The molecule has 3 aromatic carbocycles. The van der Waals surface area contributed by atoms with E-state index in [0.29, 0.717) is 53.8 Å². The van der Waals surface area contributed by atoms with Gasteiger partial charge in [0.1, 0.15) is 12.1 Å². The molecule has 1 unspecified atom stereocenters. The number of likely N-dealkylation sites (tertiary alicyclic amines) is 1. The molecule has 1 spiro atoms. The molecule has 12 nitrogen and oxygen atoms in total. The first kappa shape index (κ1) is 37.3. The third-order valence-electron chi connectivity index (χ3n) is 13.5. The molecule has 0 radical (unpaired) electrons. The summed E-state index contributed by atoms with van der Waals surface area (Å²) in [6.07, 6.45) is 5.43. The van der Waals surface area contributed by atoms with E-state index in [0.717, 1.165) is 103 Å². The van der Waals surface area contributed by atoms with E-state index < -0.39 is 29.7 Å². The summed E-state index contributed by atoms with van der Waals surface area (Å²) in [5, 5.41) is 12.2. The highest BCUT2D eigenvalue weighted by atomic mass is 35.5. The van der Waals surface area contributed by atoms with Gasteiger partial charge in [-0.3, -0.25) is 39.1 Å². The van der Waals surface area contributed by atoms with E-state index in [2.05, 4.69) is 38.2 Å². The smallest absolute Gasteiger partial charge is 0.262 e. The Labute approximate surface area is 337 Å². The molecule has 4 fully saturated rings. The van der Waals surface area contributed by atoms with E-state index >= 15 is 0 Å². The molecule has 5 amide bonds. The lowest BCUT2D eigenvalue weighted by atomic mass is 9.77. The number of carbonyl (C=O) groups is 5. The van der Waals surface area contributed by atoms with Gasteiger partial charge in [-0.15, -0.1) is 0 Å². The van der Waals surface area contributed by atoms with Crippen LogP contribution in [0.1, 0.15) is 98.3 Å². The van der Waals surface area contributed by atoms with Gasteiger partial charge in [-0.25, -0.2) is 0 Å². The summed E-state index contributed by atoms with van der Waals surface area (Å²) >= 11 is 6.50. The molecule has 3 aromatic rings. The van der Waals surface area contributed by atoms with Crippen LogP contribution in [-0.4, -0.2) is 96.1 Å². The summed E-state index contributed by atoms with van der Waals surface area (Å²) in [5.74, 6) is -1.43. The number of amides is 5. The largest absolute Gasteiger partial charge is 0.371 e. The number of piperidine rings is 3. The first-order valence-electron chi connectivity index (χ1n) is 20.2. The van der Waals surface area contributed by atoms with Gasteiger partial charge in [0, 0.05) is 82.3 Å². The van der Waals surface area contributed by atoms with E-state index in [4.69, 9.17) is 11.6 Å². The lowest BCUT2D eigenvalue weighted by Gasteiger charge is -2.40. The minimum Gasteiger partial charge on any atom is -0.371 e. The van der Waals surface area contributed by atoms with Gasteiger partial charge < -0.3 is 14.7 Å². The van der Waals surface area contributed by atoms with Crippen LogP contribution in [-0.2, 0) is 22.7 Å². The van der Waals surface area contributed by atoms with Crippen molar-refractivity contribution >= 4 is 52.5 Å². The average molecular weight is 788 g/mol. The van der Waals surface area contributed by atoms with Crippen molar-refractivity contribution < 1.29 is 24.0 Å². The fourth-order valence-corrected chi connectivity index (χ4v) is 10.3. The number of nitriles is 1. The summed E-state index contributed by atoms with van der Waals surface area (Å²) in [6.45, 7) is 9.60. The number of anilines is 2. The fourth-order valence-electron chi connectivity index (χ4n) is 10.1. The van der Waals surface area contributed by atoms with Crippen LogP contribution in [0.5, 0.6) is 0 Å². The second-order valence-corrected chi connectivity index (χ2v) is 17.3. The van der Waals surface area contributed by atoms with E-state index in [1.54, 1.807) is 0 Å². The van der Waals surface area contributed by atoms with Crippen molar-refractivity contribution in [3.05, 3.63) is 92.5 Å². The molecule has 0 aromatic heterocycles. The second kappa shape index (κ2) is 14.6. The summed E-state index contributed by atoms with van der Waals surface area (Å²) in [6, 6.07) is 16.8. The average Bonchev–Trinajstić information content (AvgIpc) is 3.88. The highest BCUT2D eigenvalue weighted by Crippen LogP contribution is 2.44. The van der Waals surface area contributed by atoms with Crippen LogP contribution in [0.25, 0.3) is 0 Å². The molecule has 6 heterocycles. The van der Waals surface area contributed by atoms with Gasteiger partial charge in [0.05, 0.1) is 21.7 Å². The van der Waals surface area contributed by atoms with Gasteiger partial charge in [-0.05, 0) is 122 Å². The number of nitrogens with one attached hydrogen (secondary N) is 1. The van der Waals surface area contributed by atoms with Crippen LogP contribution in [0.4, 0.5) is 11.4 Å². The number of nitrogens with zero attached hydrogens (tertiary/aromatic N) is 6. The number of rotatable bonds is 6. The van der Waals surface area contributed by atoms with Gasteiger partial charge in [0.15, 0.2) is 0 Å². The molecule has 0 saturated carbocycles. The third kappa shape index (κ3) is 6.74. The van der Waals surface area contributed by atoms with Gasteiger partial charge in [-0.1, -0.05) is 11.6 Å². The minimum absolute atomic E-state index is 0.0747. The Kier molecular flexibility index (Phi) is 9.56. The number of fused-ring (bicyclic) bond motifs is 2. The predicted molar refractivity (Wildman–Crippen MR) is 214 cm³/mol. The maximum atomic E-state index is 13.6. The van der Waals surface area contributed by atoms with Crippen molar-refractivity contribution in [2.45, 2.75) is 71.0 Å². The van der Waals surface area contributed by atoms with Crippen molar-refractivity contribution in [2.24, 2.45) is 11.3 Å². The Bertz CT molecular complexity index is 2190. The summed E-state index contributed by atoms with van der Waals surface area (Å²) in [5.41, 5.74) is 7.47. The lowest BCUT2D eigenvalue weighted by Crippen LogP contribution is -2.54. The van der Waals surface area contributed by atoms with Crippen molar-refractivity contribution in [1.82, 2.24) is 20.0 Å². The zero-order chi connectivity index (χ0) is 39.6. The fraction of sp³-hybridized carbons (Fsp3) is 0.455. The topological polar surface area (TPSA) is 137 Å². The standard InChI is InChI=1S/C44H46ClN7O5/c1-27-36(7-4-30(22-46)39(27)45)51-19-14-44(26-51)12-17-49(18-13-44)33-5-2-29(3-6-33)41(55)50-15-10-28(11-16-50)23-48-24-31-20-34-35(21-32(31)25-48)43(57)52(42(34)56)37-8-9-38(53)47-40(37)54/h2-7,20-21,28,37H,8-19,23-26H2,1H3,(H,47,53,54). The van der Waals surface area contributed by atoms with E-state index in [1.165, 1.54) is 0 Å². The van der Waals surface area contributed by atoms with Crippen LogP contribution in [0, 0.1) is 29.6 Å². The molecule has 0 aliphatic carbocycles. The normalized spacial score (nSPS) is 22.3. The second-order valence-electron chi connectivity index (χ2n) is 16.9. The van der Waals surface area contributed by atoms with Crippen LogP contribution in [0.2, 0.25) is 5.02 Å². The van der Waals surface area contributed by atoms with Crippen LogP contribution in [0.3, 0.4) is 0 Å². The maximum absolute atomic E-state index is 13.6. The lowest BCUT2D eigenvalue weighted by molar-refractivity contribution is -0.136. The first-order valence-corrected chi connectivity index (χ1v) is 20.6. The Balaban J connectivity index is 0.742. The molecule has 294 valence electrons. The molecular weight excluding hydrogens is 742 g/mol. The molecule has 13 heteroatoms. The Morgan fingerprint density at radius 3 is 2.11 bits per heavy atom. The van der Waals surface area contributed by atoms with Crippen LogP contribution in [0.15, 0.2) is 48.5 Å². The minimum atomic E-state index is -0.967. The van der Waals surface area contributed by atoms with Crippen molar-refractivity contribution in [2.75, 3.05) is 55.6 Å². The van der Waals surface area contributed by atoms with Gasteiger partial charge >= 0.3 is 0 Å². The van der Waals surface area contributed by atoms with Gasteiger partial charge in [-0.2, -0.15) is 5.26 Å². The highest BCUT2D eigenvalue weighted by molar-refractivity contribution is 6.33. The molecule has 0 bridgehead atoms. The predicted octanol–water partition coefficient (Wildman–Crippen LogP) is 5.29. The summed E-state index contributed by atoms with van der Waals surface area (Å²) in [7, 11) is 0. The maximum Gasteiger partial charge on any atom is 0.262 e. The zero-order valence-corrected chi connectivity index (χ0v) is 32.9. The van der Waals surface area contributed by atoms with Crippen molar-refractivity contribution in [3.63, 3.8) is 0 Å². The van der Waals surface area contributed by atoms with E-state index in [-0.39, 0.29) is 24.2 Å². The quantitative estimate of drug-likeness (QED) is 0.331. The number of imide groups is 2. The Hall–Kier alpha value is -5.25. The number of halogens is 1. The molecule has 6 aliphatic heterocycles. The summed E-state index contributed by atoms with van der Waals surface area (Å²) in [4.78, 5) is 74.5. The number of hydrogen-bond donors (Lipinski definition) is 1. The van der Waals surface area contributed by atoms with Crippen molar-refractivity contribution in [1.29, 1.82) is 5.26 Å². The van der Waals surface area contributed by atoms with Crippen molar-refractivity contribution in [3.8, 4) is 6.07 Å². The molecule has 1 N–H and O–H groups in total. The van der Waals surface area contributed by atoms with E-state index in [1.807, 2.05) is 48.2 Å². The van der Waals surface area contributed by atoms with Crippen LogP contribution < -0.4 is 15.1 Å². The summed E-state index contributed by atoms with van der Waals surface area (Å²) < 4.78 is 0.